The maximum atomic E-state index is 12.1. The van der Waals surface area contributed by atoms with Crippen LogP contribution in [0.3, 0.4) is 0 Å². The van der Waals surface area contributed by atoms with E-state index in [1.807, 2.05) is 23.5 Å². The molecule has 0 radical (unpaired) electrons. The summed E-state index contributed by atoms with van der Waals surface area (Å²) in [5, 5.41) is 53.9. The molecule has 1 saturated heterocycles. The Morgan fingerprint density at radius 1 is 0.830 bits per heavy atom. The molecule has 1 fully saturated rings. The Balaban J connectivity index is 0.000000172. The molecule has 7 rings (SSSR count). The maximum Gasteiger partial charge on any atom is 0.328 e. The molecule has 12 nitrogen and oxygen atoms in total. The van der Waals surface area contributed by atoms with Crippen LogP contribution in [0.4, 0.5) is 0 Å². The Hall–Kier alpha value is -5.41. The van der Waals surface area contributed by atoms with Crippen molar-refractivity contribution in [2.24, 2.45) is 0 Å². The number of aliphatic carboxylic acids is 2. The van der Waals surface area contributed by atoms with E-state index in [0.717, 1.165) is 25.6 Å². The molecule has 0 aliphatic carbocycles. The van der Waals surface area contributed by atoms with Crippen molar-refractivity contribution in [3.63, 3.8) is 0 Å². The van der Waals surface area contributed by atoms with Crippen molar-refractivity contribution in [2.75, 3.05) is 39.5 Å². The summed E-state index contributed by atoms with van der Waals surface area (Å²) in [6, 6.07) is 24.1. The number of benzene rings is 4. The summed E-state index contributed by atoms with van der Waals surface area (Å²) in [5.74, 6) is -4.12. The van der Waals surface area contributed by atoms with Crippen LogP contribution in [0.15, 0.2) is 115 Å². The highest BCUT2D eigenvalue weighted by atomic mass is 32.2. The minimum Gasteiger partial charge on any atom is -0.508 e. The molecule has 1 unspecified atom stereocenters. The number of hydrogen-bond acceptors (Lipinski definition) is 12. The van der Waals surface area contributed by atoms with Gasteiger partial charge in [0.05, 0.1) is 5.39 Å². The van der Waals surface area contributed by atoms with Crippen molar-refractivity contribution in [3.8, 4) is 34.3 Å². The third-order valence-electron chi connectivity index (χ3n) is 8.62. The molecule has 0 amide bonds. The number of likely N-dealkylation sites (N-methyl/N-ethyl adjacent to an activating group) is 1. The minimum atomic E-state index is -1.26. The molecular formula is C39H38N2O10S2. The number of rotatable bonds is 5. The number of nitrogens with zero attached hydrogens (tertiary/aromatic N) is 2. The monoisotopic (exact) mass is 758 g/mol. The second-order valence-corrected chi connectivity index (χ2v) is 14.1. The molecule has 2 aliphatic rings. The zero-order valence-electron chi connectivity index (χ0n) is 28.8. The average molecular weight is 759 g/mol. The Morgan fingerprint density at radius 2 is 1.53 bits per heavy atom. The van der Waals surface area contributed by atoms with Crippen LogP contribution in [0.1, 0.15) is 17.2 Å². The summed E-state index contributed by atoms with van der Waals surface area (Å²) in [6.45, 7) is 4.67. The van der Waals surface area contributed by atoms with E-state index in [1.165, 1.54) is 69.2 Å². The third kappa shape index (κ3) is 9.73. The van der Waals surface area contributed by atoms with Gasteiger partial charge in [-0.1, -0.05) is 30.0 Å². The molecule has 5 aromatic rings. The number of aromatic hydroxyl groups is 4. The van der Waals surface area contributed by atoms with Gasteiger partial charge in [0.25, 0.3) is 0 Å². The van der Waals surface area contributed by atoms with Crippen LogP contribution in [-0.2, 0) is 16.0 Å². The smallest absolute Gasteiger partial charge is 0.328 e. The Morgan fingerprint density at radius 3 is 2.19 bits per heavy atom. The number of piperazine rings is 1. The van der Waals surface area contributed by atoms with Crippen LogP contribution in [0.5, 0.6) is 23.0 Å². The highest BCUT2D eigenvalue weighted by Gasteiger charge is 2.29. The summed E-state index contributed by atoms with van der Waals surface area (Å²) < 4.78 is 5.43. The number of thioether (sulfide) groups is 1. The van der Waals surface area contributed by atoms with Gasteiger partial charge in [-0.15, -0.1) is 11.8 Å². The molecular weight excluding hydrogens is 721 g/mol. The van der Waals surface area contributed by atoms with Gasteiger partial charge in [0.1, 0.15) is 11.3 Å². The molecule has 1 atom stereocenters. The highest BCUT2D eigenvalue weighted by molar-refractivity contribution is 7.99. The van der Waals surface area contributed by atoms with Crippen LogP contribution < -0.4 is 5.43 Å². The fraction of sp³-hybridized carbons (Fsp3) is 0.205. The van der Waals surface area contributed by atoms with Crippen molar-refractivity contribution < 1.29 is 44.6 Å². The second-order valence-electron chi connectivity index (χ2n) is 12.2. The van der Waals surface area contributed by atoms with Crippen molar-refractivity contribution in [1.82, 2.24) is 9.80 Å². The summed E-state index contributed by atoms with van der Waals surface area (Å²) in [6.07, 6.45) is 4.41. The highest BCUT2D eigenvalue weighted by Crippen LogP contribution is 2.44. The van der Waals surface area contributed by atoms with E-state index < -0.39 is 28.9 Å². The molecule has 1 aromatic heterocycles. The first kappa shape index (κ1) is 38.8. The zero-order valence-corrected chi connectivity index (χ0v) is 30.4. The van der Waals surface area contributed by atoms with Crippen LogP contribution >= 0.6 is 23.5 Å². The first-order valence-electron chi connectivity index (χ1n) is 16.4. The molecule has 0 bridgehead atoms. The second kappa shape index (κ2) is 17.4. The van der Waals surface area contributed by atoms with Crippen LogP contribution in [0.2, 0.25) is 0 Å². The topological polar surface area (TPSA) is 192 Å². The Labute approximate surface area is 313 Å². The summed E-state index contributed by atoms with van der Waals surface area (Å²) in [5.41, 5.74) is 2.67. The molecule has 276 valence electrons. The Bertz CT molecular complexity index is 2200. The SMILES string of the molecule is CSc1ccc2c(c1)C(N1CCN(C)CC1)Cc1ccccc1S2.O=C(O)C=CC(=O)O.O=c1c(O)c(-c2ccc(O)c(O)c2)oc2cc(O)ccc12. The van der Waals surface area contributed by atoms with Gasteiger partial charge in [-0.3, -0.25) is 9.69 Å². The minimum absolute atomic E-state index is 0.0872. The van der Waals surface area contributed by atoms with E-state index >= 15 is 0 Å². The van der Waals surface area contributed by atoms with Crippen molar-refractivity contribution in [3.05, 3.63) is 112 Å². The molecule has 14 heteroatoms. The van der Waals surface area contributed by atoms with Crippen molar-refractivity contribution >= 4 is 46.4 Å². The predicted molar refractivity (Wildman–Crippen MR) is 203 cm³/mol. The maximum absolute atomic E-state index is 12.1. The van der Waals surface area contributed by atoms with E-state index in [-0.39, 0.29) is 33.8 Å². The number of carbonyl (C=O) groups is 2. The standard InChI is InChI=1S/C20H24N2S2.C15H10O6.C4H4O4/c1-21-9-11-22(12-10-21)18-13-15-5-3-4-6-19(15)24-20-8-7-16(23-2)14-17(18)20;16-8-2-3-9-12(6-8)21-15(14(20)13(9)19)7-1-4-10(17)11(18)5-7;5-3(6)1-2-4(7)8/h3-8,14,18H,9-13H2,1-2H3;1-6,16-18,20H;1-2H,(H,5,6)(H,7,8). The molecule has 4 aromatic carbocycles. The van der Waals surface area contributed by atoms with E-state index in [2.05, 4.69) is 65.6 Å². The molecule has 0 saturated carbocycles. The lowest BCUT2D eigenvalue weighted by atomic mass is 9.96. The van der Waals surface area contributed by atoms with Gasteiger partial charge < -0.3 is 40.0 Å². The molecule has 3 heterocycles. The number of phenolic OH excluding ortho intramolecular Hbond substituents is 3. The van der Waals surface area contributed by atoms with Gasteiger partial charge in [-0.25, -0.2) is 9.59 Å². The average Bonchev–Trinajstić information content (AvgIpc) is 3.30. The number of phenols is 3. The first-order chi connectivity index (χ1) is 25.3. The van der Waals surface area contributed by atoms with Gasteiger partial charge in [0.2, 0.25) is 11.2 Å². The van der Waals surface area contributed by atoms with Gasteiger partial charge >= 0.3 is 11.9 Å². The van der Waals surface area contributed by atoms with Gasteiger partial charge in [0, 0.05) is 70.7 Å². The van der Waals surface area contributed by atoms with Crippen LogP contribution in [0, 0.1) is 0 Å². The number of hydrogen-bond donors (Lipinski definition) is 6. The molecule has 2 aliphatic heterocycles. The normalized spacial score (nSPS) is 15.6. The number of carboxylic acid groups (broad SMARTS) is 2. The molecule has 6 N–H and O–H groups in total. The fourth-order valence-electron chi connectivity index (χ4n) is 5.85. The van der Waals surface area contributed by atoms with E-state index in [1.54, 1.807) is 0 Å². The van der Waals surface area contributed by atoms with E-state index in [0.29, 0.717) is 18.2 Å². The molecule has 0 spiro atoms. The number of fused-ring (bicyclic) bond motifs is 3. The zero-order chi connectivity index (χ0) is 38.2. The molecule has 53 heavy (non-hydrogen) atoms. The van der Waals surface area contributed by atoms with Crippen molar-refractivity contribution in [2.45, 2.75) is 27.1 Å². The fourth-order valence-corrected chi connectivity index (χ4v) is 7.41. The predicted octanol–water partition coefficient (Wildman–Crippen LogP) is 6.40. The lowest BCUT2D eigenvalue weighted by molar-refractivity contribution is -0.134. The lowest BCUT2D eigenvalue weighted by Gasteiger charge is -2.38. The summed E-state index contributed by atoms with van der Waals surface area (Å²) in [7, 11) is 2.23. The number of carboxylic acids is 2. The van der Waals surface area contributed by atoms with E-state index in [4.69, 9.17) is 14.6 Å². The first-order valence-corrected chi connectivity index (χ1v) is 18.4. The summed E-state index contributed by atoms with van der Waals surface area (Å²) in [4.78, 5) is 40.6. The summed E-state index contributed by atoms with van der Waals surface area (Å²) >= 11 is 3.79. The largest absolute Gasteiger partial charge is 0.508 e. The van der Waals surface area contributed by atoms with Crippen LogP contribution in [0.25, 0.3) is 22.3 Å². The van der Waals surface area contributed by atoms with Gasteiger partial charge in [-0.05, 0) is 85.4 Å². The third-order valence-corrected chi connectivity index (χ3v) is 10.6. The lowest BCUT2D eigenvalue weighted by Crippen LogP contribution is -2.46. The quantitative estimate of drug-likeness (QED) is 0.0656. The Kier molecular flexibility index (Phi) is 12.7. The van der Waals surface area contributed by atoms with Gasteiger partial charge in [-0.2, -0.15) is 0 Å². The van der Waals surface area contributed by atoms with Gasteiger partial charge in [0.15, 0.2) is 17.3 Å². The van der Waals surface area contributed by atoms with Crippen molar-refractivity contribution in [1.29, 1.82) is 0 Å². The van der Waals surface area contributed by atoms with Crippen LogP contribution in [-0.4, -0.2) is 91.9 Å². The van der Waals surface area contributed by atoms with E-state index in [9.17, 15) is 34.8 Å².